The van der Waals surface area contributed by atoms with Gasteiger partial charge in [0.05, 0.1) is 6.10 Å². The highest BCUT2D eigenvalue weighted by Crippen LogP contribution is 2.34. The van der Waals surface area contributed by atoms with Gasteiger partial charge in [-0.3, -0.25) is 0 Å². The van der Waals surface area contributed by atoms with Gasteiger partial charge in [0.15, 0.2) is 0 Å². The monoisotopic (exact) mass is 180 g/mol. The van der Waals surface area contributed by atoms with Crippen LogP contribution in [0.2, 0.25) is 0 Å². The van der Waals surface area contributed by atoms with E-state index >= 15 is 0 Å². The van der Waals surface area contributed by atoms with E-state index in [0.29, 0.717) is 5.75 Å². The predicted molar refractivity (Wildman–Crippen MR) is 52.7 cm³/mol. The quantitative estimate of drug-likeness (QED) is 0.643. The van der Waals surface area contributed by atoms with Crippen molar-refractivity contribution in [3.05, 3.63) is 29.3 Å². The minimum atomic E-state index is -0.374. The summed E-state index contributed by atoms with van der Waals surface area (Å²) in [6.45, 7) is 0. The van der Waals surface area contributed by atoms with Crippen LogP contribution < -0.4 is 0 Å². The zero-order chi connectivity index (χ0) is 8.55. The van der Waals surface area contributed by atoms with Crippen molar-refractivity contribution >= 4 is 0 Å². The smallest absolute Gasteiger partial charge is 0.119 e. The fraction of sp³-hybridized carbons (Fsp3) is 0.455. The molecule has 0 bridgehead atoms. The molecule has 0 aliphatic heterocycles. The van der Waals surface area contributed by atoms with Crippen LogP contribution in [-0.4, -0.2) is 10.2 Å². The van der Waals surface area contributed by atoms with Crippen LogP contribution in [0.3, 0.4) is 0 Å². The highest BCUT2D eigenvalue weighted by molar-refractivity contribution is 5.41. The first-order valence-corrected chi connectivity index (χ1v) is 4.28. The molecule has 1 unspecified atom stereocenters. The summed E-state index contributed by atoms with van der Waals surface area (Å²) in [5.41, 5.74) is 1.83. The average molecular weight is 180 g/mol. The molecule has 0 amide bonds. The third kappa shape index (κ3) is 1.68. The normalized spacial score (nSPS) is 20.2. The summed E-state index contributed by atoms with van der Waals surface area (Å²) >= 11 is 0. The number of phenols is 1. The molecule has 0 heterocycles. The number of benzene rings is 1. The van der Waals surface area contributed by atoms with E-state index in [4.69, 9.17) is 0 Å². The lowest BCUT2D eigenvalue weighted by atomic mass is 9.89. The molecule has 1 aliphatic carbocycles. The van der Waals surface area contributed by atoms with E-state index in [-0.39, 0.29) is 13.5 Å². The van der Waals surface area contributed by atoms with Gasteiger partial charge in [0.25, 0.3) is 0 Å². The van der Waals surface area contributed by atoms with Crippen molar-refractivity contribution in [2.24, 2.45) is 0 Å². The van der Waals surface area contributed by atoms with Crippen molar-refractivity contribution < 1.29 is 10.2 Å². The van der Waals surface area contributed by atoms with Gasteiger partial charge >= 0.3 is 0 Å². The molecule has 2 nitrogen and oxygen atoms in total. The lowest BCUT2D eigenvalue weighted by Gasteiger charge is -2.21. The summed E-state index contributed by atoms with van der Waals surface area (Å²) < 4.78 is 0. The summed E-state index contributed by atoms with van der Waals surface area (Å²) in [6.07, 6.45) is 2.29. The molecule has 0 saturated heterocycles. The minimum Gasteiger partial charge on any atom is -0.508 e. The molecule has 2 N–H and O–H groups in total. The molecular formula is C11H16O2. The second-order valence-corrected chi connectivity index (χ2v) is 3.25. The Balaban J connectivity index is 0.000000845. The van der Waals surface area contributed by atoms with Gasteiger partial charge in [-0.15, -0.1) is 0 Å². The van der Waals surface area contributed by atoms with Crippen molar-refractivity contribution in [2.75, 3.05) is 0 Å². The fourth-order valence-corrected chi connectivity index (χ4v) is 1.80. The molecule has 0 fully saturated rings. The highest BCUT2D eigenvalue weighted by atomic mass is 16.3. The number of hydrogen-bond donors (Lipinski definition) is 2. The summed E-state index contributed by atoms with van der Waals surface area (Å²) in [5, 5.41) is 19.0. The maximum Gasteiger partial charge on any atom is 0.119 e. The number of rotatable bonds is 0. The van der Waals surface area contributed by atoms with Crippen molar-refractivity contribution in [1.82, 2.24) is 0 Å². The Morgan fingerprint density at radius 2 is 2.08 bits per heavy atom. The Morgan fingerprint density at radius 1 is 1.31 bits per heavy atom. The summed E-state index contributed by atoms with van der Waals surface area (Å²) in [5.74, 6) is 0.325. The minimum absolute atomic E-state index is 0. The van der Waals surface area contributed by atoms with Gasteiger partial charge in [0.1, 0.15) is 5.75 Å². The zero-order valence-electron chi connectivity index (χ0n) is 6.83. The molecule has 13 heavy (non-hydrogen) atoms. The van der Waals surface area contributed by atoms with Crippen LogP contribution in [0.15, 0.2) is 18.2 Å². The Morgan fingerprint density at radius 3 is 2.77 bits per heavy atom. The molecular weight excluding hydrogens is 164 g/mol. The zero-order valence-corrected chi connectivity index (χ0v) is 6.83. The number of aromatic hydroxyl groups is 1. The lowest BCUT2D eigenvalue weighted by molar-refractivity contribution is 0.155. The summed E-state index contributed by atoms with van der Waals surface area (Å²) in [7, 11) is 0. The van der Waals surface area contributed by atoms with Gasteiger partial charge in [-0.05, 0) is 36.5 Å². The van der Waals surface area contributed by atoms with Crippen LogP contribution in [-0.2, 0) is 6.42 Å². The topological polar surface area (TPSA) is 40.5 Å². The molecule has 0 spiro atoms. The Labute approximate surface area is 78.8 Å². The molecule has 1 aromatic carbocycles. The molecule has 1 aliphatic rings. The van der Waals surface area contributed by atoms with Gasteiger partial charge in [-0.25, -0.2) is 0 Å². The molecule has 2 rings (SSSR count). The second kappa shape index (κ2) is 3.79. The second-order valence-electron chi connectivity index (χ2n) is 3.25. The molecule has 2 heteroatoms. The average Bonchev–Trinajstić information content (AvgIpc) is 2.07. The summed E-state index contributed by atoms with van der Waals surface area (Å²) in [6, 6.07) is 5.35. The number of phenolic OH excluding ortho intramolecular Hbond substituents is 1. The van der Waals surface area contributed by atoms with E-state index in [1.54, 1.807) is 12.1 Å². The Bertz CT molecular complexity index is 294. The number of aliphatic hydroxyl groups excluding tert-OH is 1. The maximum atomic E-state index is 9.57. The fourth-order valence-electron chi connectivity index (χ4n) is 1.80. The van der Waals surface area contributed by atoms with Gasteiger partial charge < -0.3 is 10.2 Å². The number of hydrogen-bond acceptors (Lipinski definition) is 2. The van der Waals surface area contributed by atoms with Crippen LogP contribution in [0.4, 0.5) is 0 Å². The van der Waals surface area contributed by atoms with E-state index in [9.17, 15) is 10.2 Å². The lowest BCUT2D eigenvalue weighted by Crippen LogP contribution is -2.08. The predicted octanol–water partition coefficient (Wildman–Crippen LogP) is 2.40. The van der Waals surface area contributed by atoms with Crippen LogP contribution >= 0.6 is 0 Å². The first kappa shape index (κ1) is 10.1. The SMILES string of the molecule is C.Oc1cccc2c1CCCC2O. The van der Waals surface area contributed by atoms with Crippen molar-refractivity contribution in [3.63, 3.8) is 0 Å². The molecule has 0 aromatic heterocycles. The molecule has 1 atom stereocenters. The van der Waals surface area contributed by atoms with E-state index in [0.717, 1.165) is 30.4 Å². The van der Waals surface area contributed by atoms with Crippen molar-refractivity contribution in [2.45, 2.75) is 32.8 Å². The Hall–Kier alpha value is -1.02. The van der Waals surface area contributed by atoms with Gasteiger partial charge in [0.2, 0.25) is 0 Å². The van der Waals surface area contributed by atoms with E-state index in [1.807, 2.05) is 6.07 Å². The van der Waals surface area contributed by atoms with Crippen molar-refractivity contribution in [3.8, 4) is 5.75 Å². The molecule has 0 saturated carbocycles. The van der Waals surface area contributed by atoms with Crippen LogP contribution in [0.5, 0.6) is 5.75 Å². The molecule has 72 valence electrons. The van der Waals surface area contributed by atoms with Gasteiger partial charge in [-0.1, -0.05) is 19.6 Å². The van der Waals surface area contributed by atoms with Crippen LogP contribution in [0.25, 0.3) is 0 Å². The maximum absolute atomic E-state index is 9.57. The van der Waals surface area contributed by atoms with Gasteiger partial charge in [0, 0.05) is 0 Å². The van der Waals surface area contributed by atoms with E-state index < -0.39 is 0 Å². The standard InChI is InChI=1S/C10H12O2.CH4/c11-9-5-1-3-7-8(9)4-2-6-10(7)12;/h1,3,5,10-12H,2,4,6H2;1H4. The molecule has 1 aromatic rings. The first-order chi connectivity index (χ1) is 5.79. The summed E-state index contributed by atoms with van der Waals surface area (Å²) in [4.78, 5) is 0. The largest absolute Gasteiger partial charge is 0.508 e. The Kier molecular flexibility index (Phi) is 2.94. The van der Waals surface area contributed by atoms with Crippen LogP contribution in [0.1, 0.15) is 37.5 Å². The number of fused-ring (bicyclic) bond motifs is 1. The van der Waals surface area contributed by atoms with Gasteiger partial charge in [-0.2, -0.15) is 0 Å². The van der Waals surface area contributed by atoms with Crippen molar-refractivity contribution in [1.29, 1.82) is 0 Å². The number of aliphatic hydroxyl groups is 1. The molecule has 0 radical (unpaired) electrons. The third-order valence-corrected chi connectivity index (χ3v) is 2.45. The van der Waals surface area contributed by atoms with E-state index in [1.165, 1.54) is 0 Å². The third-order valence-electron chi connectivity index (χ3n) is 2.45. The highest BCUT2D eigenvalue weighted by Gasteiger charge is 2.19. The van der Waals surface area contributed by atoms with E-state index in [2.05, 4.69) is 0 Å². The van der Waals surface area contributed by atoms with Crippen LogP contribution in [0, 0.1) is 0 Å². The first-order valence-electron chi connectivity index (χ1n) is 4.28.